The Morgan fingerprint density at radius 3 is 2.45 bits per heavy atom. The number of ether oxygens (including phenoxy) is 1. The van der Waals surface area contributed by atoms with E-state index in [-0.39, 0.29) is 12.0 Å². The molecule has 0 N–H and O–H groups in total. The van der Waals surface area contributed by atoms with Crippen molar-refractivity contribution in [2.24, 2.45) is 0 Å². The van der Waals surface area contributed by atoms with Gasteiger partial charge in [0.1, 0.15) is 5.75 Å². The van der Waals surface area contributed by atoms with Gasteiger partial charge >= 0.3 is 6.09 Å². The highest BCUT2D eigenvalue weighted by Gasteiger charge is 2.27. The zero-order valence-electron chi connectivity index (χ0n) is 16.8. The highest BCUT2D eigenvalue weighted by atomic mass is 16.6. The lowest BCUT2D eigenvalue weighted by Gasteiger charge is -2.28. The molecule has 0 saturated carbocycles. The summed E-state index contributed by atoms with van der Waals surface area (Å²) in [6.45, 7) is 2.39. The largest absolute Gasteiger partial charge is 0.415 e. The molecule has 5 heteroatoms. The van der Waals surface area contributed by atoms with E-state index in [0.29, 0.717) is 44.3 Å². The van der Waals surface area contributed by atoms with Crippen LogP contribution in [0.15, 0.2) is 54.6 Å². The number of nitrogens with zero attached hydrogens (tertiary/aromatic N) is 2. The van der Waals surface area contributed by atoms with Crippen molar-refractivity contribution in [3.8, 4) is 5.75 Å². The summed E-state index contributed by atoms with van der Waals surface area (Å²) in [6.07, 6.45) is 4.33. The average Bonchev–Trinajstić information content (AvgIpc) is 3.01. The molecule has 1 aliphatic carbocycles. The Labute approximate surface area is 172 Å². The van der Waals surface area contributed by atoms with Crippen molar-refractivity contribution in [1.29, 1.82) is 0 Å². The fourth-order valence-electron chi connectivity index (χ4n) is 4.41. The SMILES string of the molecule is O=C(C[C@@H]1CCCc2ccccc21)N1CCCN(C(=O)Oc2ccccc2)CC1. The van der Waals surface area contributed by atoms with Crippen molar-refractivity contribution in [3.05, 3.63) is 65.7 Å². The van der Waals surface area contributed by atoms with E-state index in [0.717, 1.165) is 25.7 Å². The minimum absolute atomic E-state index is 0.199. The third-order valence-corrected chi connectivity index (χ3v) is 5.97. The fraction of sp³-hybridized carbons (Fsp3) is 0.417. The first-order chi connectivity index (χ1) is 14.2. The Morgan fingerprint density at radius 1 is 0.862 bits per heavy atom. The van der Waals surface area contributed by atoms with E-state index in [1.54, 1.807) is 17.0 Å². The zero-order chi connectivity index (χ0) is 20.1. The Kier molecular flexibility index (Phi) is 6.13. The normalized spacial score (nSPS) is 19.2. The summed E-state index contributed by atoms with van der Waals surface area (Å²) in [6, 6.07) is 17.6. The van der Waals surface area contributed by atoms with Gasteiger partial charge in [-0.1, -0.05) is 42.5 Å². The topological polar surface area (TPSA) is 49.9 Å². The van der Waals surface area contributed by atoms with Gasteiger partial charge < -0.3 is 14.5 Å². The first-order valence-corrected chi connectivity index (χ1v) is 10.6. The second kappa shape index (κ2) is 9.12. The van der Waals surface area contributed by atoms with Crippen molar-refractivity contribution < 1.29 is 14.3 Å². The van der Waals surface area contributed by atoms with Gasteiger partial charge in [-0.3, -0.25) is 4.79 Å². The van der Waals surface area contributed by atoms with Crippen molar-refractivity contribution in [2.45, 2.75) is 38.0 Å². The van der Waals surface area contributed by atoms with E-state index >= 15 is 0 Å². The van der Waals surface area contributed by atoms with Crippen LogP contribution >= 0.6 is 0 Å². The van der Waals surface area contributed by atoms with Gasteiger partial charge in [0.05, 0.1) is 0 Å². The summed E-state index contributed by atoms with van der Waals surface area (Å²) in [4.78, 5) is 29.1. The second-order valence-electron chi connectivity index (χ2n) is 7.89. The van der Waals surface area contributed by atoms with Crippen molar-refractivity contribution in [3.63, 3.8) is 0 Å². The van der Waals surface area contributed by atoms with E-state index < -0.39 is 0 Å². The van der Waals surface area contributed by atoms with E-state index in [2.05, 4.69) is 24.3 Å². The van der Waals surface area contributed by atoms with Crippen LogP contribution in [0.2, 0.25) is 0 Å². The molecular weight excluding hydrogens is 364 g/mol. The quantitative estimate of drug-likeness (QED) is 0.785. The molecule has 1 atom stereocenters. The van der Waals surface area contributed by atoms with Crippen LogP contribution in [0.25, 0.3) is 0 Å². The molecular formula is C24H28N2O3. The molecule has 1 saturated heterocycles. The summed E-state index contributed by atoms with van der Waals surface area (Å²) in [5.41, 5.74) is 2.73. The molecule has 1 fully saturated rings. The predicted molar refractivity (Wildman–Crippen MR) is 112 cm³/mol. The molecule has 0 bridgehead atoms. The minimum atomic E-state index is -0.341. The molecule has 0 unspecified atom stereocenters. The highest BCUT2D eigenvalue weighted by molar-refractivity contribution is 5.77. The molecule has 29 heavy (non-hydrogen) atoms. The van der Waals surface area contributed by atoms with Gasteiger partial charge in [-0.05, 0) is 54.9 Å². The molecule has 2 aromatic rings. The van der Waals surface area contributed by atoms with E-state index in [9.17, 15) is 9.59 Å². The molecule has 2 amide bonds. The average molecular weight is 392 g/mol. The van der Waals surface area contributed by atoms with Gasteiger partial charge in [-0.2, -0.15) is 0 Å². The number of amides is 2. The van der Waals surface area contributed by atoms with Crippen LogP contribution in [0.3, 0.4) is 0 Å². The molecule has 1 aliphatic heterocycles. The molecule has 2 aromatic carbocycles. The van der Waals surface area contributed by atoms with E-state index in [1.165, 1.54) is 11.1 Å². The maximum absolute atomic E-state index is 13.0. The maximum atomic E-state index is 13.0. The van der Waals surface area contributed by atoms with Crippen LogP contribution in [0.5, 0.6) is 5.75 Å². The molecule has 4 rings (SSSR count). The molecule has 0 aromatic heterocycles. The van der Waals surface area contributed by atoms with E-state index in [4.69, 9.17) is 4.74 Å². The van der Waals surface area contributed by atoms with Crippen LogP contribution < -0.4 is 4.74 Å². The van der Waals surface area contributed by atoms with Gasteiger partial charge in [0.25, 0.3) is 0 Å². The van der Waals surface area contributed by atoms with Crippen LogP contribution in [0.1, 0.15) is 42.7 Å². The Hall–Kier alpha value is -2.82. The number of rotatable bonds is 3. The first-order valence-electron chi connectivity index (χ1n) is 10.6. The third-order valence-electron chi connectivity index (χ3n) is 5.97. The zero-order valence-corrected chi connectivity index (χ0v) is 16.8. The summed E-state index contributed by atoms with van der Waals surface area (Å²) in [7, 11) is 0. The summed E-state index contributed by atoms with van der Waals surface area (Å²) in [5.74, 6) is 1.06. The van der Waals surface area contributed by atoms with Gasteiger partial charge in [-0.15, -0.1) is 0 Å². The maximum Gasteiger partial charge on any atom is 0.415 e. The number of hydrogen-bond donors (Lipinski definition) is 0. The van der Waals surface area contributed by atoms with Gasteiger partial charge in [0.2, 0.25) is 5.91 Å². The summed E-state index contributed by atoms with van der Waals surface area (Å²) >= 11 is 0. The van der Waals surface area contributed by atoms with Crippen LogP contribution in [-0.4, -0.2) is 48.0 Å². The Morgan fingerprint density at radius 2 is 1.59 bits per heavy atom. The molecule has 0 spiro atoms. The summed E-state index contributed by atoms with van der Waals surface area (Å²) < 4.78 is 5.45. The van der Waals surface area contributed by atoms with Gasteiger partial charge in [0, 0.05) is 32.6 Å². The Bertz CT molecular complexity index is 852. The Balaban J connectivity index is 1.33. The predicted octanol–water partition coefficient (Wildman–Crippen LogP) is 4.23. The number of carbonyl (C=O) groups excluding carboxylic acids is 2. The van der Waals surface area contributed by atoms with Gasteiger partial charge in [-0.25, -0.2) is 4.79 Å². The number of fused-ring (bicyclic) bond motifs is 1. The molecule has 0 radical (unpaired) electrons. The molecule has 1 heterocycles. The van der Waals surface area contributed by atoms with Crippen molar-refractivity contribution >= 4 is 12.0 Å². The number of hydrogen-bond acceptors (Lipinski definition) is 3. The standard InChI is InChI=1S/C24H28N2O3/c27-23(18-20-10-6-9-19-8-4-5-13-22(19)20)25-14-7-15-26(17-16-25)24(28)29-21-11-2-1-3-12-21/h1-5,8,11-13,20H,6-7,9-10,14-18H2/t20-/m0/s1. The lowest BCUT2D eigenvalue weighted by Crippen LogP contribution is -2.39. The van der Waals surface area contributed by atoms with Crippen molar-refractivity contribution in [1.82, 2.24) is 9.80 Å². The number of carbonyl (C=O) groups is 2. The van der Waals surface area contributed by atoms with Crippen LogP contribution in [0, 0.1) is 0 Å². The smallest absolute Gasteiger partial charge is 0.410 e. The second-order valence-corrected chi connectivity index (χ2v) is 7.89. The van der Waals surface area contributed by atoms with Crippen LogP contribution in [0.4, 0.5) is 4.79 Å². The first kappa shape index (κ1) is 19.5. The molecule has 152 valence electrons. The molecule has 2 aliphatic rings. The lowest BCUT2D eigenvalue weighted by molar-refractivity contribution is -0.131. The number of benzene rings is 2. The highest BCUT2D eigenvalue weighted by Crippen LogP contribution is 2.34. The van der Waals surface area contributed by atoms with E-state index in [1.807, 2.05) is 23.1 Å². The summed E-state index contributed by atoms with van der Waals surface area (Å²) in [5, 5.41) is 0. The van der Waals surface area contributed by atoms with Gasteiger partial charge in [0.15, 0.2) is 0 Å². The minimum Gasteiger partial charge on any atom is -0.410 e. The third kappa shape index (κ3) is 4.78. The molecule has 5 nitrogen and oxygen atoms in total. The van der Waals surface area contributed by atoms with Crippen LogP contribution in [-0.2, 0) is 11.2 Å². The number of para-hydroxylation sites is 1. The lowest BCUT2D eigenvalue weighted by atomic mass is 9.81. The fourth-order valence-corrected chi connectivity index (χ4v) is 4.41. The number of aryl methyl sites for hydroxylation is 1. The monoisotopic (exact) mass is 392 g/mol. The van der Waals surface area contributed by atoms with Crippen molar-refractivity contribution in [2.75, 3.05) is 26.2 Å².